The predicted octanol–water partition coefficient (Wildman–Crippen LogP) is 2.43. The average molecular weight is 435 g/mol. The quantitative estimate of drug-likeness (QED) is 0.719. The zero-order valence-electron chi connectivity index (χ0n) is 17.3. The summed E-state index contributed by atoms with van der Waals surface area (Å²) in [4.78, 5) is 12.6. The number of rotatable bonds is 7. The molecule has 1 amide bonds. The van der Waals surface area contributed by atoms with Gasteiger partial charge in [-0.2, -0.15) is 4.31 Å². The van der Waals surface area contributed by atoms with Crippen molar-refractivity contribution < 1.29 is 27.4 Å². The Hall–Kier alpha value is -2.62. The number of hydrogen-bond donors (Lipinski definition) is 1. The second-order valence-electron chi connectivity index (χ2n) is 6.95. The van der Waals surface area contributed by atoms with Crippen molar-refractivity contribution in [1.82, 2.24) is 4.31 Å². The molecule has 1 aliphatic rings. The number of morpholine rings is 1. The van der Waals surface area contributed by atoms with Crippen LogP contribution in [-0.4, -0.2) is 58.1 Å². The number of carbonyl (C=O) groups excluding carboxylic acids is 1. The van der Waals surface area contributed by atoms with Crippen molar-refractivity contribution in [3.63, 3.8) is 0 Å². The second-order valence-corrected chi connectivity index (χ2v) is 8.85. The number of ether oxygens (including phenoxy) is 3. The van der Waals surface area contributed by atoms with E-state index in [0.29, 0.717) is 24.7 Å². The Kier molecular flexibility index (Phi) is 6.96. The zero-order valence-corrected chi connectivity index (χ0v) is 18.1. The van der Waals surface area contributed by atoms with Gasteiger partial charge in [0.15, 0.2) is 6.10 Å². The lowest BCUT2D eigenvalue weighted by Gasteiger charge is -2.27. The van der Waals surface area contributed by atoms with Crippen LogP contribution in [0.3, 0.4) is 0 Å². The zero-order chi connectivity index (χ0) is 21.7. The Bertz CT molecular complexity index is 1000. The monoisotopic (exact) mass is 434 g/mol. The van der Waals surface area contributed by atoms with Gasteiger partial charge in [0.05, 0.1) is 20.3 Å². The summed E-state index contributed by atoms with van der Waals surface area (Å²) in [5.74, 6) is 0.405. The number of nitrogens with one attached hydrogen (secondary N) is 1. The lowest BCUT2D eigenvalue weighted by Crippen LogP contribution is -2.40. The summed E-state index contributed by atoms with van der Waals surface area (Å²) in [5, 5.41) is 2.72. The molecule has 1 aliphatic heterocycles. The largest absolute Gasteiger partial charge is 0.495 e. The number of aryl methyl sites for hydroxylation is 1. The van der Waals surface area contributed by atoms with Gasteiger partial charge in [-0.15, -0.1) is 0 Å². The SMILES string of the molecule is COc1ccc(NC(=O)[C@@H](C)Oc2cccc(C)c2)cc1S(=O)(=O)N1CCOCC1. The minimum absolute atomic E-state index is 0.00282. The summed E-state index contributed by atoms with van der Waals surface area (Å²) < 4.78 is 43.7. The van der Waals surface area contributed by atoms with Crippen LogP contribution in [0.1, 0.15) is 12.5 Å². The van der Waals surface area contributed by atoms with E-state index < -0.39 is 22.0 Å². The van der Waals surface area contributed by atoms with Crippen molar-refractivity contribution in [2.45, 2.75) is 24.8 Å². The third-order valence-corrected chi connectivity index (χ3v) is 6.61. The van der Waals surface area contributed by atoms with Crippen molar-refractivity contribution in [3.8, 4) is 11.5 Å². The number of amides is 1. The lowest BCUT2D eigenvalue weighted by atomic mass is 10.2. The van der Waals surface area contributed by atoms with E-state index in [1.165, 1.54) is 23.5 Å². The molecular weight excluding hydrogens is 408 g/mol. The van der Waals surface area contributed by atoms with E-state index in [9.17, 15) is 13.2 Å². The molecule has 0 aliphatic carbocycles. The maximum absolute atomic E-state index is 13.1. The molecule has 0 bridgehead atoms. The molecule has 0 unspecified atom stereocenters. The first-order chi connectivity index (χ1) is 14.3. The minimum atomic E-state index is -3.79. The Morgan fingerprint density at radius 3 is 2.57 bits per heavy atom. The highest BCUT2D eigenvalue weighted by atomic mass is 32.2. The number of carbonyl (C=O) groups is 1. The lowest BCUT2D eigenvalue weighted by molar-refractivity contribution is -0.122. The fraction of sp³-hybridized carbons (Fsp3) is 0.381. The maximum Gasteiger partial charge on any atom is 0.265 e. The van der Waals surface area contributed by atoms with Gasteiger partial charge >= 0.3 is 0 Å². The number of methoxy groups -OCH3 is 1. The Morgan fingerprint density at radius 2 is 1.90 bits per heavy atom. The van der Waals surface area contributed by atoms with Crippen LogP contribution in [0, 0.1) is 6.92 Å². The molecule has 2 aromatic carbocycles. The molecule has 2 aromatic rings. The molecule has 8 nitrogen and oxygen atoms in total. The minimum Gasteiger partial charge on any atom is -0.495 e. The molecular formula is C21H26N2O6S. The van der Waals surface area contributed by atoms with Crippen molar-refractivity contribution >= 4 is 21.6 Å². The Balaban J connectivity index is 1.78. The van der Waals surface area contributed by atoms with Crippen LogP contribution >= 0.6 is 0 Å². The molecule has 1 saturated heterocycles. The van der Waals surface area contributed by atoms with E-state index in [1.54, 1.807) is 19.1 Å². The molecule has 0 spiro atoms. The van der Waals surface area contributed by atoms with Gasteiger partial charge in [0.2, 0.25) is 10.0 Å². The molecule has 0 saturated carbocycles. The van der Waals surface area contributed by atoms with Crippen molar-refractivity contribution in [1.29, 1.82) is 0 Å². The molecule has 1 N–H and O–H groups in total. The van der Waals surface area contributed by atoms with Gasteiger partial charge < -0.3 is 19.5 Å². The second kappa shape index (κ2) is 9.46. The number of anilines is 1. The molecule has 1 fully saturated rings. The Morgan fingerprint density at radius 1 is 1.17 bits per heavy atom. The summed E-state index contributed by atoms with van der Waals surface area (Å²) in [6, 6.07) is 11.9. The smallest absolute Gasteiger partial charge is 0.265 e. The first-order valence-corrected chi connectivity index (χ1v) is 11.1. The van der Waals surface area contributed by atoms with Crippen molar-refractivity contribution in [2.24, 2.45) is 0 Å². The number of sulfonamides is 1. The molecule has 1 atom stereocenters. The Labute approximate surface area is 176 Å². The summed E-state index contributed by atoms with van der Waals surface area (Å²) in [7, 11) is -2.38. The average Bonchev–Trinajstić information content (AvgIpc) is 2.74. The van der Waals surface area contributed by atoms with Gasteiger partial charge in [-0.1, -0.05) is 12.1 Å². The van der Waals surface area contributed by atoms with E-state index in [0.717, 1.165) is 5.56 Å². The summed E-state index contributed by atoms with van der Waals surface area (Å²) >= 11 is 0. The van der Waals surface area contributed by atoms with E-state index in [2.05, 4.69) is 5.32 Å². The number of nitrogens with zero attached hydrogens (tertiary/aromatic N) is 1. The maximum atomic E-state index is 13.1. The first kappa shape index (κ1) is 22.1. The van der Waals surface area contributed by atoms with E-state index >= 15 is 0 Å². The van der Waals surface area contributed by atoms with E-state index in [-0.39, 0.29) is 23.7 Å². The van der Waals surface area contributed by atoms with E-state index in [1.807, 2.05) is 25.1 Å². The molecule has 1 heterocycles. The highest BCUT2D eigenvalue weighted by Gasteiger charge is 2.30. The summed E-state index contributed by atoms with van der Waals surface area (Å²) in [6.45, 7) is 4.78. The predicted molar refractivity (Wildman–Crippen MR) is 112 cm³/mol. The van der Waals surface area contributed by atoms with Crippen LogP contribution in [0.2, 0.25) is 0 Å². The van der Waals surface area contributed by atoms with Gasteiger partial charge in [-0.3, -0.25) is 4.79 Å². The van der Waals surface area contributed by atoms with Crippen LogP contribution in [0.5, 0.6) is 11.5 Å². The highest BCUT2D eigenvalue weighted by Crippen LogP contribution is 2.30. The number of hydrogen-bond acceptors (Lipinski definition) is 6. The van der Waals surface area contributed by atoms with Crippen LogP contribution in [0.4, 0.5) is 5.69 Å². The molecule has 30 heavy (non-hydrogen) atoms. The standard InChI is InChI=1S/C21H26N2O6S/c1-15-5-4-6-18(13-15)29-16(2)21(24)22-17-7-8-19(27-3)20(14-17)30(25,26)23-9-11-28-12-10-23/h4-8,13-14,16H,9-12H2,1-3H3,(H,22,24)/t16-/m1/s1. The van der Waals surface area contributed by atoms with Gasteiger partial charge in [0.25, 0.3) is 5.91 Å². The molecule has 162 valence electrons. The van der Waals surface area contributed by atoms with Crippen LogP contribution in [0.15, 0.2) is 47.4 Å². The van der Waals surface area contributed by atoms with Gasteiger partial charge in [-0.25, -0.2) is 8.42 Å². The molecule has 0 radical (unpaired) electrons. The van der Waals surface area contributed by atoms with Gasteiger partial charge in [0.1, 0.15) is 16.4 Å². The van der Waals surface area contributed by atoms with Crippen LogP contribution in [-0.2, 0) is 19.6 Å². The summed E-state index contributed by atoms with van der Waals surface area (Å²) in [6.07, 6.45) is -0.770. The van der Waals surface area contributed by atoms with Gasteiger partial charge in [0, 0.05) is 18.8 Å². The third kappa shape index (κ3) is 5.10. The van der Waals surface area contributed by atoms with Crippen molar-refractivity contribution in [2.75, 3.05) is 38.7 Å². The highest BCUT2D eigenvalue weighted by molar-refractivity contribution is 7.89. The molecule has 0 aromatic heterocycles. The first-order valence-electron chi connectivity index (χ1n) is 9.61. The van der Waals surface area contributed by atoms with E-state index in [4.69, 9.17) is 14.2 Å². The molecule has 3 rings (SSSR count). The van der Waals surface area contributed by atoms with Crippen LogP contribution in [0.25, 0.3) is 0 Å². The fourth-order valence-corrected chi connectivity index (χ4v) is 4.66. The topological polar surface area (TPSA) is 94.2 Å². The van der Waals surface area contributed by atoms with Crippen molar-refractivity contribution in [3.05, 3.63) is 48.0 Å². The normalized spacial score (nSPS) is 16.0. The number of benzene rings is 2. The summed E-state index contributed by atoms with van der Waals surface area (Å²) in [5.41, 5.74) is 1.36. The fourth-order valence-electron chi connectivity index (χ4n) is 3.07. The van der Waals surface area contributed by atoms with Gasteiger partial charge in [-0.05, 0) is 49.7 Å². The van der Waals surface area contributed by atoms with Crippen LogP contribution < -0.4 is 14.8 Å². The third-order valence-electron chi connectivity index (χ3n) is 4.69. The molecule has 9 heteroatoms.